The van der Waals surface area contributed by atoms with E-state index in [4.69, 9.17) is 31.1 Å². The van der Waals surface area contributed by atoms with Gasteiger partial charge < -0.3 is 24.6 Å². The molecule has 11 heteroatoms. The third kappa shape index (κ3) is 7.03. The van der Waals surface area contributed by atoms with Crippen LogP contribution in [0, 0.1) is 17.7 Å². The number of halogens is 2. The van der Waals surface area contributed by atoms with Crippen LogP contribution in [0.1, 0.15) is 24.0 Å². The molecule has 3 aliphatic heterocycles. The lowest BCUT2D eigenvalue weighted by Crippen LogP contribution is -2.37. The summed E-state index contributed by atoms with van der Waals surface area (Å²) in [6.07, 6.45) is 1.94. The molecule has 2 fully saturated rings. The maximum Gasteiger partial charge on any atom is 0.234 e. The van der Waals surface area contributed by atoms with Crippen LogP contribution in [-0.2, 0) is 11.3 Å². The molecule has 2 saturated heterocycles. The summed E-state index contributed by atoms with van der Waals surface area (Å²) in [5, 5.41) is 19.5. The van der Waals surface area contributed by atoms with Crippen molar-refractivity contribution >= 4 is 17.3 Å². The Kier molecular flexibility index (Phi) is 10.4. The summed E-state index contributed by atoms with van der Waals surface area (Å²) >= 11 is 7.02. The van der Waals surface area contributed by atoms with Crippen LogP contribution in [0.4, 0.5) is 4.39 Å². The summed E-state index contributed by atoms with van der Waals surface area (Å²) in [6, 6.07) is 14.8. The zero-order chi connectivity index (χ0) is 33.1. The van der Waals surface area contributed by atoms with Gasteiger partial charge in [0.15, 0.2) is 0 Å². The topological polar surface area (TPSA) is 93.9 Å². The van der Waals surface area contributed by atoms with Crippen molar-refractivity contribution in [3.8, 4) is 28.3 Å². The number of aliphatic hydroxyl groups excluding tert-OH is 2. The van der Waals surface area contributed by atoms with Gasteiger partial charge in [-0.3, -0.25) is 9.80 Å². The summed E-state index contributed by atoms with van der Waals surface area (Å²) < 4.78 is 27.8. The molecule has 47 heavy (non-hydrogen) atoms. The molecule has 9 nitrogen and oxygen atoms in total. The van der Waals surface area contributed by atoms with Crippen molar-refractivity contribution in [1.82, 2.24) is 19.7 Å². The number of methoxy groups -OCH3 is 2. The van der Waals surface area contributed by atoms with E-state index in [2.05, 4.69) is 14.7 Å². The maximum absolute atomic E-state index is 16.4. The lowest BCUT2D eigenvalue weighted by molar-refractivity contribution is 0.215. The number of pyridine rings is 1. The summed E-state index contributed by atoms with van der Waals surface area (Å²) in [6.45, 7) is 5.65. The number of rotatable bonds is 11. The molecule has 0 amide bonds. The Morgan fingerprint density at radius 1 is 0.851 bits per heavy atom. The normalized spacial score (nSPS) is 20.7. The van der Waals surface area contributed by atoms with Crippen LogP contribution in [0.5, 0.6) is 5.88 Å². The van der Waals surface area contributed by atoms with Crippen molar-refractivity contribution in [2.75, 3.05) is 73.7 Å². The van der Waals surface area contributed by atoms with Crippen LogP contribution in [0.25, 0.3) is 22.4 Å². The molecule has 0 aliphatic carbocycles. The minimum Gasteiger partial charge on any atom is -0.481 e. The van der Waals surface area contributed by atoms with Crippen molar-refractivity contribution in [3.05, 3.63) is 82.1 Å². The third-order valence-corrected chi connectivity index (χ3v) is 9.96. The van der Waals surface area contributed by atoms with E-state index >= 15 is 4.39 Å². The van der Waals surface area contributed by atoms with Crippen molar-refractivity contribution in [3.63, 3.8) is 0 Å². The summed E-state index contributed by atoms with van der Waals surface area (Å²) in [5.41, 5.74) is 5.09. The second-order valence-electron chi connectivity index (χ2n) is 12.7. The second-order valence-corrected chi connectivity index (χ2v) is 13.1. The van der Waals surface area contributed by atoms with Crippen LogP contribution in [-0.4, -0.2) is 109 Å². The van der Waals surface area contributed by atoms with Crippen LogP contribution < -0.4 is 4.74 Å². The molecule has 2 N–H and O–H groups in total. The number of nitrogens with zero attached hydrogens (tertiary/aromatic N) is 5. The van der Waals surface area contributed by atoms with Gasteiger partial charge in [0, 0.05) is 74.3 Å². The highest BCUT2D eigenvalue weighted by Crippen LogP contribution is 2.39. The number of ether oxygens (including phenoxy) is 2. The summed E-state index contributed by atoms with van der Waals surface area (Å²) in [4.78, 5) is 16.2. The van der Waals surface area contributed by atoms with Crippen LogP contribution >= 0.6 is 11.6 Å². The first kappa shape index (κ1) is 33.4. The van der Waals surface area contributed by atoms with Gasteiger partial charge in [-0.2, -0.15) is 0 Å². The molecule has 0 radical (unpaired) electrons. The Hall–Kier alpha value is -3.54. The highest BCUT2D eigenvalue weighted by Gasteiger charge is 2.29. The van der Waals surface area contributed by atoms with Crippen molar-refractivity contribution in [1.29, 1.82) is 0 Å². The smallest absolute Gasteiger partial charge is 0.234 e. The quantitative estimate of drug-likeness (QED) is 0.300. The fourth-order valence-electron chi connectivity index (χ4n) is 6.88. The monoisotopic (exact) mass is 663 g/mol. The van der Waals surface area contributed by atoms with Gasteiger partial charge in [0.25, 0.3) is 0 Å². The Balaban J connectivity index is 1.28. The van der Waals surface area contributed by atoms with E-state index in [0.717, 1.165) is 50.3 Å². The minimum atomic E-state index is -0.407. The van der Waals surface area contributed by atoms with Crippen molar-refractivity contribution in [2.24, 2.45) is 16.8 Å². The van der Waals surface area contributed by atoms with E-state index in [1.807, 2.05) is 43.4 Å². The fourth-order valence-corrected chi connectivity index (χ4v) is 7.21. The molecule has 2 atom stereocenters. The number of aromatic nitrogens is 1. The van der Waals surface area contributed by atoms with Gasteiger partial charge >= 0.3 is 0 Å². The van der Waals surface area contributed by atoms with E-state index in [0.29, 0.717) is 76.0 Å². The maximum atomic E-state index is 16.4. The standard InChI is InChI=1S/C36H43ClFN5O4/c1-41-19-31(40-36(47-3)32(41)20-43-15-13-24(17-43)22-45)29-9-5-7-27(34(29)38)26-6-4-8-28(33(26)37)30-11-10-25(35(39-30)46-2)18-42-14-12-23(16-42)21-44/h4-11,23-24,44-45H,12-22H2,1-3H3/t23-,24-/m1/s1. The van der Waals surface area contributed by atoms with Crippen molar-refractivity contribution < 1.29 is 24.1 Å². The molecule has 0 spiro atoms. The van der Waals surface area contributed by atoms with Gasteiger partial charge in [-0.05, 0) is 43.8 Å². The predicted molar refractivity (Wildman–Crippen MR) is 182 cm³/mol. The average molecular weight is 664 g/mol. The second kappa shape index (κ2) is 14.7. The number of aliphatic hydroxyl groups is 2. The van der Waals surface area contributed by atoms with E-state index in [-0.39, 0.29) is 19.1 Å². The highest BCUT2D eigenvalue weighted by molar-refractivity contribution is 6.36. The largest absolute Gasteiger partial charge is 0.481 e. The van der Waals surface area contributed by atoms with Gasteiger partial charge in [-0.25, -0.2) is 14.4 Å². The Bertz CT molecular complexity index is 1670. The summed E-state index contributed by atoms with van der Waals surface area (Å²) in [5.74, 6) is 1.16. The lowest BCUT2D eigenvalue weighted by Gasteiger charge is -2.31. The molecule has 4 heterocycles. The van der Waals surface area contributed by atoms with Gasteiger partial charge in [0.1, 0.15) is 5.82 Å². The van der Waals surface area contributed by atoms with E-state index in [1.54, 1.807) is 26.4 Å². The van der Waals surface area contributed by atoms with E-state index < -0.39 is 5.82 Å². The lowest BCUT2D eigenvalue weighted by atomic mass is 9.96. The molecule has 1 aromatic heterocycles. The van der Waals surface area contributed by atoms with E-state index in [1.165, 1.54) is 0 Å². The zero-order valence-electron chi connectivity index (χ0n) is 27.3. The highest BCUT2D eigenvalue weighted by atomic mass is 35.5. The predicted octanol–water partition coefficient (Wildman–Crippen LogP) is 4.90. The molecule has 0 unspecified atom stereocenters. The first-order chi connectivity index (χ1) is 22.8. The van der Waals surface area contributed by atoms with Gasteiger partial charge in [-0.15, -0.1) is 0 Å². The number of hydrogen-bond acceptors (Lipinski definition) is 9. The molecule has 250 valence electrons. The Morgan fingerprint density at radius 2 is 1.49 bits per heavy atom. The minimum absolute atomic E-state index is 0.191. The number of likely N-dealkylation sites (tertiary alicyclic amines) is 2. The first-order valence-corrected chi connectivity index (χ1v) is 16.6. The molecular formula is C36H43ClFN5O4. The molecule has 0 bridgehead atoms. The van der Waals surface area contributed by atoms with Crippen LogP contribution in [0.15, 0.2) is 65.1 Å². The number of hydrogen-bond donors (Lipinski definition) is 2. The molecule has 3 aromatic rings. The molecule has 3 aliphatic rings. The number of aliphatic imine (C=N–C) groups is 1. The average Bonchev–Trinajstić information content (AvgIpc) is 3.75. The van der Waals surface area contributed by atoms with Crippen LogP contribution in [0.2, 0.25) is 5.02 Å². The van der Waals surface area contributed by atoms with Crippen molar-refractivity contribution in [2.45, 2.75) is 19.4 Å². The third-order valence-electron chi connectivity index (χ3n) is 9.56. The molecular weight excluding hydrogens is 621 g/mol. The molecule has 0 saturated carbocycles. The van der Waals surface area contributed by atoms with Gasteiger partial charge in [-0.1, -0.05) is 54.1 Å². The number of benzene rings is 2. The van der Waals surface area contributed by atoms with Gasteiger partial charge in [0.05, 0.1) is 42.9 Å². The van der Waals surface area contributed by atoms with E-state index in [9.17, 15) is 10.2 Å². The zero-order valence-corrected chi connectivity index (χ0v) is 28.0. The summed E-state index contributed by atoms with van der Waals surface area (Å²) in [7, 11) is 5.16. The Morgan fingerprint density at radius 3 is 2.13 bits per heavy atom. The fraction of sp³-hybridized carbons (Fsp3) is 0.444. The van der Waals surface area contributed by atoms with Crippen LogP contribution in [0.3, 0.4) is 0 Å². The van der Waals surface area contributed by atoms with Gasteiger partial charge in [0.2, 0.25) is 11.8 Å². The first-order valence-electron chi connectivity index (χ1n) is 16.2. The molecule has 6 rings (SSSR count). The SMILES string of the molecule is COC1=C(CN2CC[C@@H](CO)C2)N(C)CC(c2cccc(-c3cccc(-c4ccc(CN5CC[C@@H](CO)C5)c(OC)n4)c3Cl)c2F)=N1. The molecule has 2 aromatic carbocycles. The number of likely N-dealkylation sites (N-methyl/N-ethyl adjacent to an activating group) is 1. The Labute approximate surface area is 280 Å².